The summed E-state index contributed by atoms with van der Waals surface area (Å²) in [6, 6.07) is 11.2. The quantitative estimate of drug-likeness (QED) is 0.875. The second-order valence-corrected chi connectivity index (χ2v) is 4.57. The summed E-state index contributed by atoms with van der Waals surface area (Å²) in [5.41, 5.74) is 0.766. The number of rotatable bonds is 5. The van der Waals surface area contributed by atoms with Gasteiger partial charge in [0, 0.05) is 4.47 Å². The van der Waals surface area contributed by atoms with Crippen molar-refractivity contribution in [2.45, 2.75) is 6.54 Å². The molecule has 0 saturated heterocycles. The number of carbonyl (C=O) groups is 1. The molecule has 1 aromatic carbocycles. The molecule has 2 aromatic rings. The summed E-state index contributed by atoms with van der Waals surface area (Å²) in [6.07, 6.45) is 1.61. The van der Waals surface area contributed by atoms with Crippen LogP contribution >= 0.6 is 28.3 Å². The van der Waals surface area contributed by atoms with E-state index in [-0.39, 0.29) is 24.9 Å². The number of nitrogens with one attached hydrogen (secondary N) is 2. The molecule has 2 N–H and O–H groups in total. The lowest BCUT2D eigenvalue weighted by molar-refractivity contribution is -0.115. The van der Waals surface area contributed by atoms with E-state index in [0.717, 1.165) is 15.9 Å². The van der Waals surface area contributed by atoms with Crippen molar-refractivity contribution in [2.24, 2.45) is 0 Å². The molecule has 4 nitrogen and oxygen atoms in total. The van der Waals surface area contributed by atoms with Crippen molar-refractivity contribution in [3.8, 4) is 0 Å². The third-order valence-electron chi connectivity index (χ3n) is 2.31. The molecule has 102 valence electrons. The predicted octanol–water partition coefficient (Wildman–Crippen LogP) is 3.19. The Morgan fingerprint density at radius 1 is 1.21 bits per heavy atom. The van der Waals surface area contributed by atoms with Gasteiger partial charge >= 0.3 is 0 Å². The number of hydrogen-bond acceptors (Lipinski definition) is 3. The van der Waals surface area contributed by atoms with Crippen LogP contribution in [0.2, 0.25) is 0 Å². The highest BCUT2D eigenvalue weighted by molar-refractivity contribution is 9.10. The van der Waals surface area contributed by atoms with Gasteiger partial charge in [-0.3, -0.25) is 4.79 Å². The number of halogens is 2. The van der Waals surface area contributed by atoms with Crippen molar-refractivity contribution >= 4 is 39.9 Å². The van der Waals surface area contributed by atoms with E-state index in [0.29, 0.717) is 6.54 Å². The van der Waals surface area contributed by atoms with E-state index in [2.05, 4.69) is 26.6 Å². The largest absolute Gasteiger partial charge is 0.468 e. The van der Waals surface area contributed by atoms with E-state index < -0.39 is 0 Å². The van der Waals surface area contributed by atoms with E-state index in [1.54, 1.807) is 6.26 Å². The third-order valence-corrected chi connectivity index (χ3v) is 3.00. The summed E-state index contributed by atoms with van der Waals surface area (Å²) >= 11 is 3.37. The highest BCUT2D eigenvalue weighted by Crippen LogP contribution is 2.20. The Labute approximate surface area is 126 Å². The molecule has 19 heavy (non-hydrogen) atoms. The summed E-state index contributed by atoms with van der Waals surface area (Å²) in [7, 11) is 0. The van der Waals surface area contributed by atoms with Crippen molar-refractivity contribution in [3.63, 3.8) is 0 Å². The smallest absolute Gasteiger partial charge is 0.238 e. The number of hydrogen-bond donors (Lipinski definition) is 2. The van der Waals surface area contributed by atoms with Crippen molar-refractivity contribution in [2.75, 3.05) is 11.9 Å². The summed E-state index contributed by atoms with van der Waals surface area (Å²) < 4.78 is 6.02. The van der Waals surface area contributed by atoms with Gasteiger partial charge in [0.05, 0.1) is 25.0 Å². The normalized spacial score (nSPS) is 9.74. The van der Waals surface area contributed by atoms with Gasteiger partial charge in [0.25, 0.3) is 0 Å². The van der Waals surface area contributed by atoms with Crippen molar-refractivity contribution in [1.82, 2.24) is 5.32 Å². The third kappa shape index (κ3) is 5.06. The SMILES string of the molecule is Cl.O=C(CNCc1ccco1)Nc1ccccc1Br. The molecule has 0 spiro atoms. The van der Waals surface area contributed by atoms with Crippen molar-refractivity contribution in [3.05, 3.63) is 52.9 Å². The van der Waals surface area contributed by atoms with Crippen LogP contribution in [-0.2, 0) is 11.3 Å². The lowest BCUT2D eigenvalue weighted by Crippen LogP contribution is -2.27. The van der Waals surface area contributed by atoms with Crippen LogP contribution in [0.25, 0.3) is 0 Å². The Morgan fingerprint density at radius 3 is 2.68 bits per heavy atom. The maximum Gasteiger partial charge on any atom is 0.238 e. The molecular formula is C13H14BrClN2O2. The maximum atomic E-state index is 11.7. The van der Waals surface area contributed by atoms with Gasteiger partial charge < -0.3 is 15.1 Å². The molecule has 0 aliphatic heterocycles. The topological polar surface area (TPSA) is 54.3 Å². The molecule has 0 fully saturated rings. The van der Waals surface area contributed by atoms with Gasteiger partial charge in [0.2, 0.25) is 5.91 Å². The van der Waals surface area contributed by atoms with Gasteiger partial charge in [-0.25, -0.2) is 0 Å². The van der Waals surface area contributed by atoms with Crippen molar-refractivity contribution < 1.29 is 9.21 Å². The first-order valence-corrected chi connectivity index (χ1v) is 6.32. The Balaban J connectivity index is 0.00000180. The molecule has 1 heterocycles. The van der Waals surface area contributed by atoms with E-state index in [1.165, 1.54) is 0 Å². The van der Waals surface area contributed by atoms with Crippen LogP contribution in [-0.4, -0.2) is 12.5 Å². The molecule has 6 heteroatoms. The molecular weight excluding hydrogens is 332 g/mol. The molecule has 0 radical (unpaired) electrons. The summed E-state index contributed by atoms with van der Waals surface area (Å²) in [5, 5.41) is 5.82. The second-order valence-electron chi connectivity index (χ2n) is 3.71. The lowest BCUT2D eigenvalue weighted by Gasteiger charge is -2.07. The number of para-hydroxylation sites is 1. The number of carbonyl (C=O) groups excluding carboxylic acids is 1. The van der Waals surface area contributed by atoms with E-state index >= 15 is 0 Å². The number of anilines is 1. The minimum atomic E-state index is -0.0894. The fourth-order valence-electron chi connectivity index (χ4n) is 1.47. The van der Waals surface area contributed by atoms with Gasteiger partial charge in [0.1, 0.15) is 5.76 Å². The molecule has 2 rings (SSSR count). The zero-order valence-corrected chi connectivity index (χ0v) is 12.5. The Bertz CT molecular complexity index is 517. The van der Waals surface area contributed by atoms with Crippen LogP contribution in [0.3, 0.4) is 0 Å². The van der Waals surface area contributed by atoms with Crippen LogP contribution in [0.1, 0.15) is 5.76 Å². The number of amides is 1. The molecule has 0 saturated carbocycles. The second kappa shape index (κ2) is 7.99. The van der Waals surface area contributed by atoms with E-state index in [9.17, 15) is 4.79 Å². The molecule has 0 unspecified atom stereocenters. The zero-order chi connectivity index (χ0) is 12.8. The number of furan rings is 1. The first-order chi connectivity index (χ1) is 8.75. The molecule has 0 aliphatic rings. The van der Waals surface area contributed by atoms with Crippen LogP contribution in [0.4, 0.5) is 5.69 Å². The molecule has 0 atom stereocenters. The summed E-state index contributed by atoms with van der Waals surface area (Å²) in [6.45, 7) is 0.776. The molecule has 1 aromatic heterocycles. The highest BCUT2D eigenvalue weighted by atomic mass is 79.9. The highest BCUT2D eigenvalue weighted by Gasteiger charge is 2.04. The monoisotopic (exact) mass is 344 g/mol. The first kappa shape index (κ1) is 15.8. The summed E-state index contributed by atoms with van der Waals surface area (Å²) in [5.74, 6) is 0.720. The van der Waals surface area contributed by atoms with Crippen molar-refractivity contribution in [1.29, 1.82) is 0 Å². The zero-order valence-electron chi connectivity index (χ0n) is 10.1. The number of benzene rings is 1. The minimum Gasteiger partial charge on any atom is -0.468 e. The van der Waals surface area contributed by atoms with Gasteiger partial charge in [-0.15, -0.1) is 12.4 Å². The van der Waals surface area contributed by atoms with Gasteiger partial charge in [-0.2, -0.15) is 0 Å². The van der Waals surface area contributed by atoms with Gasteiger partial charge in [-0.1, -0.05) is 12.1 Å². The average Bonchev–Trinajstić information content (AvgIpc) is 2.85. The Kier molecular flexibility index (Phi) is 6.62. The summed E-state index contributed by atoms with van der Waals surface area (Å²) in [4.78, 5) is 11.7. The van der Waals surface area contributed by atoms with Gasteiger partial charge in [0.15, 0.2) is 0 Å². The first-order valence-electron chi connectivity index (χ1n) is 5.53. The average molecular weight is 346 g/mol. The lowest BCUT2D eigenvalue weighted by atomic mass is 10.3. The fraction of sp³-hybridized carbons (Fsp3) is 0.154. The van der Waals surface area contributed by atoms with Crippen LogP contribution in [0, 0.1) is 0 Å². The molecule has 0 bridgehead atoms. The predicted molar refractivity (Wildman–Crippen MR) is 80.4 cm³/mol. The Hall–Kier alpha value is -1.30. The standard InChI is InChI=1S/C13H13BrN2O2.ClH/c14-11-5-1-2-6-12(11)16-13(17)9-15-8-10-4-3-7-18-10;/h1-7,15H,8-9H2,(H,16,17);1H. The molecule has 0 aliphatic carbocycles. The van der Waals surface area contributed by atoms with E-state index in [4.69, 9.17) is 4.42 Å². The van der Waals surface area contributed by atoms with Crippen LogP contribution < -0.4 is 10.6 Å². The van der Waals surface area contributed by atoms with E-state index in [1.807, 2.05) is 36.4 Å². The van der Waals surface area contributed by atoms with Crippen LogP contribution in [0.15, 0.2) is 51.6 Å². The maximum absolute atomic E-state index is 11.7. The van der Waals surface area contributed by atoms with Crippen LogP contribution in [0.5, 0.6) is 0 Å². The Morgan fingerprint density at radius 2 is 2.00 bits per heavy atom. The van der Waals surface area contributed by atoms with Gasteiger partial charge in [-0.05, 0) is 40.2 Å². The fourth-order valence-corrected chi connectivity index (χ4v) is 1.85. The molecule has 1 amide bonds. The minimum absolute atomic E-state index is 0.